The third-order valence-corrected chi connectivity index (χ3v) is 4.33. The molecule has 1 aliphatic carbocycles. The second-order valence-electron chi connectivity index (χ2n) is 5.61. The second-order valence-corrected chi connectivity index (χ2v) is 5.61. The third kappa shape index (κ3) is 1.70. The van der Waals surface area contributed by atoms with Crippen molar-refractivity contribution in [2.75, 3.05) is 6.54 Å². The third-order valence-electron chi connectivity index (χ3n) is 4.33. The first-order valence-corrected chi connectivity index (χ1v) is 6.34. The van der Waals surface area contributed by atoms with Crippen LogP contribution in [0.3, 0.4) is 0 Å². The zero-order chi connectivity index (χ0) is 9.54. The topological polar surface area (TPSA) is 29.3 Å². The van der Waals surface area contributed by atoms with E-state index in [9.17, 15) is 0 Å². The van der Waals surface area contributed by atoms with Crippen molar-refractivity contribution in [3.05, 3.63) is 0 Å². The monoisotopic (exact) mass is 194 g/mol. The summed E-state index contributed by atoms with van der Waals surface area (Å²) in [5, 5.41) is 0. The summed E-state index contributed by atoms with van der Waals surface area (Å²) < 4.78 is 0. The Morgan fingerprint density at radius 3 is 2.21 bits per heavy atom. The van der Waals surface area contributed by atoms with Crippen LogP contribution in [0.25, 0.3) is 0 Å². The number of nitrogens with zero attached hydrogens (tertiary/aromatic N) is 1. The molecule has 0 aromatic heterocycles. The fourth-order valence-corrected chi connectivity index (χ4v) is 3.42. The van der Waals surface area contributed by atoms with Crippen molar-refractivity contribution >= 4 is 0 Å². The average molecular weight is 194 g/mol. The molecule has 3 aliphatic rings. The van der Waals surface area contributed by atoms with Gasteiger partial charge in [0.05, 0.1) is 0 Å². The van der Waals surface area contributed by atoms with E-state index in [1.165, 1.54) is 51.5 Å². The van der Waals surface area contributed by atoms with Gasteiger partial charge >= 0.3 is 0 Å². The quantitative estimate of drug-likeness (QED) is 0.725. The molecule has 2 saturated heterocycles. The summed E-state index contributed by atoms with van der Waals surface area (Å²) in [6.45, 7) is 1.39. The molecule has 3 fully saturated rings. The van der Waals surface area contributed by atoms with Gasteiger partial charge in [0, 0.05) is 24.7 Å². The molecule has 2 heteroatoms. The van der Waals surface area contributed by atoms with Crippen LogP contribution < -0.4 is 5.73 Å². The molecule has 2 aliphatic heterocycles. The number of piperidine rings is 2. The molecule has 14 heavy (non-hydrogen) atoms. The maximum Gasteiger partial charge on any atom is 0.0113 e. The predicted octanol–water partition coefficient (Wildman–Crippen LogP) is 1.74. The van der Waals surface area contributed by atoms with Gasteiger partial charge < -0.3 is 5.73 Å². The highest BCUT2D eigenvalue weighted by molar-refractivity contribution is 4.95. The maximum absolute atomic E-state index is 6.11. The van der Waals surface area contributed by atoms with Gasteiger partial charge in [-0.05, 0) is 44.4 Å². The Bertz CT molecular complexity index is 198. The molecule has 1 unspecified atom stereocenters. The van der Waals surface area contributed by atoms with E-state index in [4.69, 9.17) is 5.73 Å². The van der Waals surface area contributed by atoms with Crippen LogP contribution in [0.4, 0.5) is 0 Å². The average Bonchev–Trinajstić information content (AvgIpc) is 2.90. The Kier molecular flexibility index (Phi) is 2.29. The van der Waals surface area contributed by atoms with Gasteiger partial charge in [-0.1, -0.05) is 6.42 Å². The molecule has 2 bridgehead atoms. The first-order valence-electron chi connectivity index (χ1n) is 6.34. The molecular weight excluding hydrogens is 172 g/mol. The van der Waals surface area contributed by atoms with Gasteiger partial charge in [0.1, 0.15) is 0 Å². The molecule has 0 radical (unpaired) electrons. The van der Waals surface area contributed by atoms with Crippen molar-refractivity contribution in [3.8, 4) is 0 Å². The van der Waals surface area contributed by atoms with Crippen molar-refractivity contribution in [1.82, 2.24) is 4.90 Å². The Morgan fingerprint density at radius 2 is 1.64 bits per heavy atom. The van der Waals surface area contributed by atoms with Crippen LogP contribution in [0.2, 0.25) is 0 Å². The molecule has 0 aromatic carbocycles. The minimum atomic E-state index is 0.501. The van der Waals surface area contributed by atoms with E-state index < -0.39 is 0 Å². The highest BCUT2D eigenvalue weighted by Gasteiger charge is 2.39. The SMILES string of the molecule is NC1C[C@H]2CCC[C@@H](C1)N2CC1CC1. The lowest BCUT2D eigenvalue weighted by Gasteiger charge is -2.48. The molecular formula is C12H22N2. The van der Waals surface area contributed by atoms with Crippen molar-refractivity contribution < 1.29 is 0 Å². The Morgan fingerprint density at radius 1 is 1.00 bits per heavy atom. The van der Waals surface area contributed by atoms with Crippen LogP contribution in [0.15, 0.2) is 0 Å². The van der Waals surface area contributed by atoms with Crippen molar-refractivity contribution in [2.45, 2.75) is 63.1 Å². The maximum atomic E-state index is 6.11. The zero-order valence-electron chi connectivity index (χ0n) is 8.99. The number of fused-ring (bicyclic) bond motifs is 2. The zero-order valence-corrected chi connectivity index (χ0v) is 8.99. The summed E-state index contributed by atoms with van der Waals surface area (Å²) in [4.78, 5) is 2.81. The van der Waals surface area contributed by atoms with Crippen LogP contribution in [-0.4, -0.2) is 29.6 Å². The number of rotatable bonds is 2. The van der Waals surface area contributed by atoms with Crippen LogP contribution in [0.1, 0.15) is 44.9 Å². The van der Waals surface area contributed by atoms with E-state index in [0.717, 1.165) is 18.0 Å². The van der Waals surface area contributed by atoms with Crippen molar-refractivity contribution in [1.29, 1.82) is 0 Å². The van der Waals surface area contributed by atoms with Gasteiger partial charge in [0.15, 0.2) is 0 Å². The first kappa shape index (κ1) is 9.17. The first-order chi connectivity index (χ1) is 6.83. The van der Waals surface area contributed by atoms with E-state index in [-0.39, 0.29) is 0 Å². The van der Waals surface area contributed by atoms with Crippen LogP contribution >= 0.6 is 0 Å². The minimum Gasteiger partial charge on any atom is -0.328 e. The van der Waals surface area contributed by atoms with Gasteiger partial charge in [0.2, 0.25) is 0 Å². The van der Waals surface area contributed by atoms with Crippen molar-refractivity contribution in [2.24, 2.45) is 11.7 Å². The van der Waals surface area contributed by atoms with Gasteiger partial charge in [-0.2, -0.15) is 0 Å². The largest absolute Gasteiger partial charge is 0.328 e. The summed E-state index contributed by atoms with van der Waals surface area (Å²) in [5.74, 6) is 1.05. The summed E-state index contributed by atoms with van der Waals surface area (Å²) >= 11 is 0. The lowest BCUT2D eigenvalue weighted by molar-refractivity contribution is 0.0277. The fraction of sp³-hybridized carbons (Fsp3) is 1.00. The molecule has 0 spiro atoms. The van der Waals surface area contributed by atoms with E-state index in [0.29, 0.717) is 6.04 Å². The second kappa shape index (κ2) is 3.49. The molecule has 3 rings (SSSR count). The van der Waals surface area contributed by atoms with E-state index in [1.807, 2.05) is 0 Å². The van der Waals surface area contributed by atoms with E-state index >= 15 is 0 Å². The van der Waals surface area contributed by atoms with E-state index in [1.54, 1.807) is 0 Å². The Hall–Kier alpha value is -0.0800. The van der Waals surface area contributed by atoms with Crippen LogP contribution in [0.5, 0.6) is 0 Å². The molecule has 80 valence electrons. The molecule has 2 heterocycles. The van der Waals surface area contributed by atoms with Gasteiger partial charge in [-0.15, -0.1) is 0 Å². The molecule has 2 N–H and O–H groups in total. The standard InChI is InChI=1S/C12H22N2/c13-10-6-11-2-1-3-12(7-10)14(11)8-9-4-5-9/h9-12H,1-8,13H2/t10?,11-,12+. The molecule has 0 aromatic rings. The minimum absolute atomic E-state index is 0.501. The highest BCUT2D eigenvalue weighted by Crippen LogP contribution is 2.38. The van der Waals surface area contributed by atoms with Crippen LogP contribution in [-0.2, 0) is 0 Å². The van der Waals surface area contributed by atoms with E-state index in [2.05, 4.69) is 4.90 Å². The van der Waals surface area contributed by atoms with Crippen molar-refractivity contribution in [3.63, 3.8) is 0 Å². The normalized spacial score (nSPS) is 43.9. The molecule has 1 saturated carbocycles. The molecule has 2 nitrogen and oxygen atoms in total. The summed E-state index contributed by atoms with van der Waals surface area (Å²) in [7, 11) is 0. The van der Waals surface area contributed by atoms with Crippen LogP contribution in [0, 0.1) is 5.92 Å². The van der Waals surface area contributed by atoms with Gasteiger partial charge in [-0.3, -0.25) is 4.90 Å². The number of hydrogen-bond donors (Lipinski definition) is 1. The highest BCUT2D eigenvalue weighted by atomic mass is 15.2. The molecule has 3 atom stereocenters. The fourth-order valence-electron chi connectivity index (χ4n) is 3.42. The lowest BCUT2D eigenvalue weighted by Crippen LogP contribution is -2.55. The summed E-state index contributed by atoms with van der Waals surface area (Å²) in [6, 6.07) is 2.19. The Labute approximate surface area is 86.8 Å². The number of hydrogen-bond acceptors (Lipinski definition) is 2. The summed E-state index contributed by atoms with van der Waals surface area (Å²) in [5.41, 5.74) is 6.11. The van der Waals surface area contributed by atoms with Gasteiger partial charge in [0.25, 0.3) is 0 Å². The molecule has 0 amide bonds. The predicted molar refractivity (Wildman–Crippen MR) is 58.1 cm³/mol. The van der Waals surface area contributed by atoms with Gasteiger partial charge in [-0.25, -0.2) is 0 Å². The Balaban J connectivity index is 1.68. The number of nitrogens with two attached hydrogens (primary N) is 1. The summed E-state index contributed by atoms with van der Waals surface area (Å²) in [6.07, 6.45) is 9.79. The lowest BCUT2D eigenvalue weighted by atomic mass is 9.82. The smallest absolute Gasteiger partial charge is 0.0113 e.